The van der Waals surface area contributed by atoms with Crippen LogP contribution in [-0.4, -0.2) is 0 Å². The average molecular weight is 1250 g/mol. The van der Waals surface area contributed by atoms with E-state index < -0.39 is 0 Å². The van der Waals surface area contributed by atoms with Crippen molar-refractivity contribution in [1.82, 2.24) is 0 Å². The Bertz CT molecular complexity index is 6400. The van der Waals surface area contributed by atoms with Gasteiger partial charge in [0.25, 0.3) is 0 Å². The second kappa shape index (κ2) is 21.3. The summed E-state index contributed by atoms with van der Waals surface area (Å²) in [4.78, 5) is 0. The monoisotopic (exact) mass is 1250 g/mol. The van der Waals surface area contributed by atoms with Gasteiger partial charge in [0.2, 0.25) is 0 Å². The van der Waals surface area contributed by atoms with Gasteiger partial charge in [0.1, 0.15) is 0 Å². The van der Waals surface area contributed by atoms with E-state index in [2.05, 4.69) is 342 Å². The number of benzene rings is 17. The Morgan fingerprint density at radius 3 is 1.46 bits per heavy atom. The van der Waals surface area contributed by atoms with E-state index in [1.807, 2.05) is 11.3 Å². The van der Waals surface area contributed by atoms with E-state index in [1.54, 1.807) is 0 Å². The van der Waals surface area contributed by atoms with Gasteiger partial charge in [-0.05, 0) is 249 Å². The van der Waals surface area contributed by atoms with Crippen molar-refractivity contribution in [3.8, 4) is 89.0 Å². The highest BCUT2D eigenvalue weighted by atomic mass is 32.1. The van der Waals surface area contributed by atoms with E-state index in [1.165, 1.54) is 202 Å². The molecule has 0 aliphatic heterocycles. The number of rotatable bonds is 8. The number of thiophene rings is 1. The van der Waals surface area contributed by atoms with Crippen LogP contribution in [0.4, 0.5) is 0 Å². The zero-order valence-corrected chi connectivity index (χ0v) is 55.0. The van der Waals surface area contributed by atoms with E-state index >= 15 is 0 Å². The van der Waals surface area contributed by atoms with Gasteiger partial charge in [0.15, 0.2) is 0 Å². The number of fused-ring (bicyclic) bond motifs is 19. The summed E-state index contributed by atoms with van der Waals surface area (Å²) in [5.74, 6) is 0. The Kier molecular flexibility index (Phi) is 12.3. The third kappa shape index (κ3) is 8.68. The first-order valence-electron chi connectivity index (χ1n) is 34.1. The molecule has 1 heteroatoms. The van der Waals surface area contributed by atoms with Gasteiger partial charge in [-0.3, -0.25) is 0 Å². The minimum absolute atomic E-state index is 0.0617. The molecule has 0 saturated carbocycles. The lowest BCUT2D eigenvalue weighted by Crippen LogP contribution is -2.24. The fourth-order valence-electron chi connectivity index (χ4n) is 17.4. The summed E-state index contributed by atoms with van der Waals surface area (Å²) in [6, 6.07) is 123. The van der Waals surface area contributed by atoms with E-state index in [0.29, 0.717) is 0 Å². The van der Waals surface area contributed by atoms with Gasteiger partial charge in [-0.15, -0.1) is 11.3 Å². The molecule has 2 aliphatic rings. The zero-order valence-electron chi connectivity index (χ0n) is 54.2. The number of hydrogen-bond donors (Lipinski definition) is 0. The lowest BCUT2D eigenvalue weighted by Gasteiger charge is -2.29. The molecule has 454 valence electrons. The summed E-state index contributed by atoms with van der Waals surface area (Å²) in [5.41, 5.74) is 26.5. The summed E-state index contributed by atoms with van der Waals surface area (Å²) in [5, 5.41) is 17.8. The molecular formula is C96H64S. The van der Waals surface area contributed by atoms with Gasteiger partial charge in [0, 0.05) is 31.0 Å². The second-order valence-corrected chi connectivity index (χ2v) is 29.1. The quantitative estimate of drug-likeness (QED) is 0.133. The molecule has 17 aromatic carbocycles. The van der Waals surface area contributed by atoms with Crippen molar-refractivity contribution in [3.63, 3.8) is 0 Å². The molecule has 0 spiro atoms. The Morgan fingerprint density at radius 1 is 0.227 bits per heavy atom. The van der Waals surface area contributed by atoms with E-state index in [-0.39, 0.29) is 10.8 Å². The van der Waals surface area contributed by atoms with E-state index in [4.69, 9.17) is 0 Å². The van der Waals surface area contributed by atoms with Gasteiger partial charge < -0.3 is 0 Å². The molecule has 0 fully saturated rings. The van der Waals surface area contributed by atoms with Crippen molar-refractivity contribution >= 4 is 96.1 Å². The van der Waals surface area contributed by atoms with E-state index in [0.717, 1.165) is 6.42 Å². The molecular weight excluding hydrogens is 1190 g/mol. The smallest absolute Gasteiger partial charge is 0.0355 e. The molecule has 1 unspecified atom stereocenters. The molecule has 0 radical (unpaired) electrons. The second-order valence-electron chi connectivity index (χ2n) is 28.1. The van der Waals surface area contributed by atoms with Crippen LogP contribution in [-0.2, 0) is 17.3 Å². The van der Waals surface area contributed by atoms with Crippen LogP contribution >= 0.6 is 11.3 Å². The van der Waals surface area contributed by atoms with Gasteiger partial charge in [-0.1, -0.05) is 282 Å². The average Bonchev–Trinajstić information content (AvgIpc) is 1.76. The van der Waals surface area contributed by atoms with Crippen LogP contribution in [0.5, 0.6) is 0 Å². The first-order valence-corrected chi connectivity index (χ1v) is 34.9. The Balaban J connectivity index is 0.683. The van der Waals surface area contributed by atoms with Gasteiger partial charge in [-0.25, -0.2) is 0 Å². The van der Waals surface area contributed by atoms with Crippen molar-refractivity contribution in [3.05, 3.63) is 349 Å². The standard InChI is InChI=1S/C96H64S/c1-95(2)87-27-11-8-24-76(87)78-44-40-67(55-89(78)95)64-19-14-18-63(49-64)66-37-33-61-39-46-81-83(52-70-17-5-7-23-75(70)94(81)85(61)51-66)69-21-15-20-65(50-69)68-41-45-79-77-25-9-12-28-88(77)96(3,90(79)56-68)57-58-30-43-73(82(48-58)72-42-47-92-86(54-72)80-26-10-13-29-91(80)97-92)71-38-34-60-32-36-62-35-31-59-16-4-6-22-74(59)93(62)84(60)53-71/h4-56H,57H2,1-3H3. The van der Waals surface area contributed by atoms with Crippen LogP contribution in [0.1, 0.15) is 48.6 Å². The summed E-state index contributed by atoms with van der Waals surface area (Å²) in [6.07, 6.45) is 0.832. The predicted octanol–water partition coefficient (Wildman–Crippen LogP) is 26.8. The summed E-state index contributed by atoms with van der Waals surface area (Å²) >= 11 is 1.88. The maximum Gasteiger partial charge on any atom is 0.0355 e. The largest absolute Gasteiger partial charge is 0.135 e. The topological polar surface area (TPSA) is 0 Å². The molecule has 1 atom stereocenters. The van der Waals surface area contributed by atoms with Crippen LogP contribution < -0.4 is 0 Å². The molecule has 1 aromatic heterocycles. The highest BCUT2D eigenvalue weighted by Gasteiger charge is 2.40. The summed E-state index contributed by atoms with van der Waals surface area (Å²) in [7, 11) is 0. The minimum Gasteiger partial charge on any atom is -0.135 e. The normalized spacial score (nSPS) is 14.5. The fourth-order valence-corrected chi connectivity index (χ4v) is 18.5. The Hall–Kier alpha value is -11.5. The van der Waals surface area contributed by atoms with E-state index in [9.17, 15) is 0 Å². The minimum atomic E-state index is -0.323. The lowest BCUT2D eigenvalue weighted by atomic mass is 9.74. The summed E-state index contributed by atoms with van der Waals surface area (Å²) < 4.78 is 2.63. The first kappa shape index (κ1) is 55.9. The van der Waals surface area contributed by atoms with Crippen LogP contribution in [0.2, 0.25) is 0 Å². The molecule has 97 heavy (non-hydrogen) atoms. The Morgan fingerprint density at radius 2 is 0.691 bits per heavy atom. The van der Waals surface area contributed by atoms with Crippen LogP contribution in [0.3, 0.4) is 0 Å². The molecule has 0 amide bonds. The van der Waals surface area contributed by atoms with Crippen molar-refractivity contribution < 1.29 is 0 Å². The van der Waals surface area contributed by atoms with Gasteiger partial charge in [0.05, 0.1) is 0 Å². The highest BCUT2D eigenvalue weighted by Crippen LogP contribution is 2.54. The molecule has 0 N–H and O–H groups in total. The molecule has 0 bridgehead atoms. The van der Waals surface area contributed by atoms with Crippen LogP contribution in [0, 0.1) is 0 Å². The summed E-state index contributed by atoms with van der Waals surface area (Å²) in [6.45, 7) is 7.23. The lowest BCUT2D eigenvalue weighted by molar-refractivity contribution is 0.583. The SMILES string of the molecule is CC1(C)c2ccccc2-c2ccc(-c3cccc(-c4ccc5ccc6c(-c7cccc(-c8ccc9c(c8)C(C)(Cc8ccc(-c%10ccc%11ccc%12ccc%13ccccc%13c%12c%11c%10)c(-c%10ccc%11sc%12ccccc%12c%11c%10)c8)c8ccccc8-9)c7)cc7ccccc7c6c5c4)c3)cc21. The van der Waals surface area contributed by atoms with Gasteiger partial charge in [-0.2, -0.15) is 0 Å². The molecule has 2 aliphatic carbocycles. The third-order valence-electron chi connectivity index (χ3n) is 22.3. The predicted molar refractivity (Wildman–Crippen MR) is 417 cm³/mol. The Labute approximate surface area is 568 Å². The zero-order chi connectivity index (χ0) is 64.3. The molecule has 0 nitrogen and oxygen atoms in total. The molecule has 20 rings (SSSR count). The van der Waals surface area contributed by atoms with Crippen molar-refractivity contribution in [2.75, 3.05) is 0 Å². The molecule has 0 saturated heterocycles. The van der Waals surface area contributed by atoms with Crippen molar-refractivity contribution in [2.24, 2.45) is 0 Å². The maximum atomic E-state index is 2.53. The third-order valence-corrected chi connectivity index (χ3v) is 23.4. The first-order chi connectivity index (χ1) is 47.6. The highest BCUT2D eigenvalue weighted by molar-refractivity contribution is 7.25. The van der Waals surface area contributed by atoms with Crippen molar-refractivity contribution in [1.29, 1.82) is 0 Å². The molecule has 18 aromatic rings. The maximum absolute atomic E-state index is 2.53. The van der Waals surface area contributed by atoms with Gasteiger partial charge >= 0.3 is 0 Å². The molecule has 1 heterocycles. The number of hydrogen-bond acceptors (Lipinski definition) is 1. The van der Waals surface area contributed by atoms with Crippen LogP contribution in [0.25, 0.3) is 174 Å². The fraction of sp³-hybridized carbons (Fsp3) is 0.0625. The van der Waals surface area contributed by atoms with Crippen molar-refractivity contribution in [2.45, 2.75) is 38.0 Å². The van der Waals surface area contributed by atoms with Crippen LogP contribution in [0.15, 0.2) is 322 Å².